The first kappa shape index (κ1) is 23.8. The number of benzene rings is 1. The number of aryl methyl sites for hydroxylation is 1. The van der Waals surface area contributed by atoms with Crippen LogP contribution >= 0.6 is 0 Å². The molecule has 170 valence electrons. The van der Waals surface area contributed by atoms with E-state index in [1.807, 2.05) is 30.5 Å². The average Bonchev–Trinajstić information content (AvgIpc) is 2.83. The van der Waals surface area contributed by atoms with Gasteiger partial charge in [0.15, 0.2) is 0 Å². The van der Waals surface area contributed by atoms with E-state index in [0.29, 0.717) is 5.92 Å². The van der Waals surface area contributed by atoms with Gasteiger partial charge in [0, 0.05) is 24.5 Å². The van der Waals surface area contributed by atoms with Gasteiger partial charge in [-0.1, -0.05) is 49.6 Å². The zero-order valence-electron chi connectivity index (χ0n) is 19.4. The molecule has 3 rings (SSSR count). The van der Waals surface area contributed by atoms with Crippen LogP contribution < -0.4 is 10.1 Å². The minimum atomic E-state index is -0.0344. The largest absolute Gasteiger partial charge is 0.497 e. The molecular weight excluding hydrogens is 396 g/mol. The third-order valence-corrected chi connectivity index (χ3v) is 6.21. The highest BCUT2D eigenvalue weighted by molar-refractivity contribution is 5.88. The number of carbonyl (C=O) groups excluding carboxylic acids is 1. The summed E-state index contributed by atoms with van der Waals surface area (Å²) in [6.45, 7) is 2.07. The number of methoxy groups -OCH3 is 1. The standard InChI is InChI=1S/C28H36N2O2/c1-22(9-6-10-23-11-8-20-29-21-23)30-28(31)15-7-14-27(24-12-4-3-5-13-24)25-16-18-26(32-2)19-17-25/h7-8,11,14-22,24H,3-6,9-10,12-13H2,1-2H3,(H,30,31)/t22-/m1/s1. The summed E-state index contributed by atoms with van der Waals surface area (Å²) >= 11 is 0. The lowest BCUT2D eigenvalue weighted by atomic mass is 9.81. The van der Waals surface area contributed by atoms with Crippen LogP contribution in [-0.2, 0) is 11.2 Å². The number of nitrogens with one attached hydrogen (secondary N) is 1. The van der Waals surface area contributed by atoms with Crippen LogP contribution in [0, 0.1) is 5.92 Å². The number of amides is 1. The van der Waals surface area contributed by atoms with Crippen LogP contribution in [0.4, 0.5) is 0 Å². The molecule has 1 amide bonds. The van der Waals surface area contributed by atoms with Crippen LogP contribution in [0.25, 0.3) is 5.57 Å². The van der Waals surface area contributed by atoms with Gasteiger partial charge in [0.2, 0.25) is 5.91 Å². The Bertz CT molecular complexity index is 881. The summed E-state index contributed by atoms with van der Waals surface area (Å²) in [5, 5.41) is 3.09. The van der Waals surface area contributed by atoms with Crippen LogP contribution in [0.2, 0.25) is 0 Å². The van der Waals surface area contributed by atoms with Gasteiger partial charge in [0.25, 0.3) is 0 Å². The van der Waals surface area contributed by atoms with E-state index in [1.54, 1.807) is 19.4 Å². The molecule has 4 nitrogen and oxygen atoms in total. The van der Waals surface area contributed by atoms with Crippen molar-refractivity contribution in [2.75, 3.05) is 7.11 Å². The molecular formula is C28H36N2O2. The Balaban J connectivity index is 1.55. The SMILES string of the molecule is COc1ccc(C(=CC=CC(=O)N[C@H](C)CCCc2cccnc2)C2CCCCC2)cc1. The maximum absolute atomic E-state index is 12.4. The molecule has 0 unspecified atom stereocenters. The van der Waals surface area contributed by atoms with Crippen LogP contribution in [0.1, 0.15) is 63.0 Å². The summed E-state index contributed by atoms with van der Waals surface area (Å²) in [6.07, 6.45) is 18.7. The van der Waals surface area contributed by atoms with Crippen molar-refractivity contribution >= 4 is 11.5 Å². The number of hydrogen-bond donors (Lipinski definition) is 1. The fourth-order valence-corrected chi connectivity index (χ4v) is 4.43. The third kappa shape index (κ3) is 7.67. The lowest BCUT2D eigenvalue weighted by molar-refractivity contribution is -0.117. The average molecular weight is 433 g/mol. The second kappa shape index (κ2) is 12.8. The summed E-state index contributed by atoms with van der Waals surface area (Å²) in [4.78, 5) is 16.6. The van der Waals surface area contributed by atoms with Crippen molar-refractivity contribution in [1.29, 1.82) is 0 Å². The van der Waals surface area contributed by atoms with E-state index < -0.39 is 0 Å². The van der Waals surface area contributed by atoms with E-state index in [9.17, 15) is 4.79 Å². The summed E-state index contributed by atoms with van der Waals surface area (Å²) < 4.78 is 5.31. The van der Waals surface area contributed by atoms with Crippen molar-refractivity contribution < 1.29 is 9.53 Å². The summed E-state index contributed by atoms with van der Waals surface area (Å²) in [5.74, 6) is 1.38. The second-order valence-electron chi connectivity index (χ2n) is 8.71. The highest BCUT2D eigenvalue weighted by Crippen LogP contribution is 2.35. The van der Waals surface area contributed by atoms with Crippen molar-refractivity contribution in [2.24, 2.45) is 5.92 Å². The smallest absolute Gasteiger partial charge is 0.244 e. The van der Waals surface area contributed by atoms with E-state index in [2.05, 4.69) is 41.5 Å². The molecule has 1 aromatic carbocycles. The van der Waals surface area contributed by atoms with Gasteiger partial charge in [-0.25, -0.2) is 0 Å². The Labute approximate surface area is 192 Å². The minimum Gasteiger partial charge on any atom is -0.497 e. The topological polar surface area (TPSA) is 51.2 Å². The van der Waals surface area contributed by atoms with Crippen LogP contribution in [0.5, 0.6) is 5.75 Å². The van der Waals surface area contributed by atoms with Crippen LogP contribution in [0.3, 0.4) is 0 Å². The highest BCUT2D eigenvalue weighted by atomic mass is 16.5. The first-order valence-electron chi connectivity index (χ1n) is 11.9. The summed E-state index contributed by atoms with van der Waals surface area (Å²) in [6, 6.07) is 12.5. The zero-order valence-corrected chi connectivity index (χ0v) is 19.4. The Morgan fingerprint density at radius 3 is 2.66 bits per heavy atom. The van der Waals surface area contributed by atoms with Crippen LogP contribution in [0.15, 0.2) is 67.0 Å². The maximum Gasteiger partial charge on any atom is 0.244 e. The number of carbonyl (C=O) groups is 1. The molecule has 0 spiro atoms. The number of aromatic nitrogens is 1. The van der Waals surface area contributed by atoms with Crippen molar-refractivity contribution in [1.82, 2.24) is 10.3 Å². The van der Waals surface area contributed by atoms with Gasteiger partial charge < -0.3 is 10.1 Å². The molecule has 1 fully saturated rings. The van der Waals surface area contributed by atoms with E-state index >= 15 is 0 Å². The molecule has 1 aromatic heterocycles. The molecule has 32 heavy (non-hydrogen) atoms. The van der Waals surface area contributed by atoms with Gasteiger partial charge in [-0.3, -0.25) is 9.78 Å². The number of rotatable bonds is 10. The number of pyridine rings is 1. The van der Waals surface area contributed by atoms with E-state index in [0.717, 1.165) is 25.0 Å². The third-order valence-electron chi connectivity index (χ3n) is 6.21. The Kier molecular flexibility index (Phi) is 9.55. The number of allylic oxidation sites excluding steroid dienone is 3. The second-order valence-corrected chi connectivity index (χ2v) is 8.71. The fourth-order valence-electron chi connectivity index (χ4n) is 4.43. The summed E-state index contributed by atoms with van der Waals surface area (Å²) in [5.41, 5.74) is 3.78. The molecule has 0 radical (unpaired) electrons. The van der Waals surface area contributed by atoms with E-state index in [4.69, 9.17) is 4.74 Å². The van der Waals surface area contributed by atoms with Gasteiger partial charge in [0.05, 0.1) is 7.11 Å². The van der Waals surface area contributed by atoms with Crippen molar-refractivity contribution in [3.8, 4) is 5.75 Å². The monoisotopic (exact) mass is 432 g/mol. The molecule has 1 aliphatic carbocycles. The first-order valence-corrected chi connectivity index (χ1v) is 11.9. The Hall–Kier alpha value is -2.88. The van der Waals surface area contributed by atoms with E-state index in [1.165, 1.54) is 48.8 Å². The molecule has 0 saturated heterocycles. The lowest BCUT2D eigenvalue weighted by Gasteiger charge is -2.25. The quantitative estimate of drug-likeness (QED) is 0.362. The molecule has 1 saturated carbocycles. The summed E-state index contributed by atoms with van der Waals surface area (Å²) in [7, 11) is 1.69. The highest BCUT2D eigenvalue weighted by Gasteiger charge is 2.18. The molecule has 1 atom stereocenters. The molecule has 0 aliphatic heterocycles. The number of nitrogens with zero attached hydrogens (tertiary/aromatic N) is 1. The Morgan fingerprint density at radius 1 is 1.19 bits per heavy atom. The predicted molar refractivity (Wildman–Crippen MR) is 131 cm³/mol. The van der Waals surface area contributed by atoms with Crippen molar-refractivity contribution in [2.45, 2.75) is 64.3 Å². The Morgan fingerprint density at radius 2 is 1.97 bits per heavy atom. The number of ether oxygens (including phenoxy) is 1. The minimum absolute atomic E-state index is 0.0344. The van der Waals surface area contributed by atoms with E-state index in [-0.39, 0.29) is 11.9 Å². The molecule has 1 heterocycles. The molecule has 2 aromatic rings. The number of hydrogen-bond acceptors (Lipinski definition) is 3. The lowest BCUT2D eigenvalue weighted by Crippen LogP contribution is -2.31. The van der Waals surface area contributed by atoms with Crippen molar-refractivity contribution in [3.63, 3.8) is 0 Å². The fraction of sp³-hybridized carbons (Fsp3) is 0.429. The van der Waals surface area contributed by atoms with Gasteiger partial charge >= 0.3 is 0 Å². The normalized spacial score (nSPS) is 16.1. The zero-order chi connectivity index (χ0) is 22.6. The molecule has 1 N–H and O–H groups in total. The molecule has 0 bridgehead atoms. The first-order chi connectivity index (χ1) is 15.7. The van der Waals surface area contributed by atoms with Gasteiger partial charge in [-0.2, -0.15) is 0 Å². The van der Waals surface area contributed by atoms with Crippen LogP contribution in [-0.4, -0.2) is 24.0 Å². The van der Waals surface area contributed by atoms with Gasteiger partial charge in [-0.15, -0.1) is 0 Å². The van der Waals surface area contributed by atoms with Gasteiger partial charge in [-0.05, 0) is 79.8 Å². The van der Waals surface area contributed by atoms with Crippen molar-refractivity contribution in [3.05, 3.63) is 78.1 Å². The molecule has 4 heteroatoms. The molecule has 1 aliphatic rings. The predicted octanol–water partition coefficient (Wildman–Crippen LogP) is 6.14. The maximum atomic E-state index is 12.4. The van der Waals surface area contributed by atoms with Gasteiger partial charge in [0.1, 0.15) is 5.75 Å².